The molecule has 160 valence electrons. The quantitative estimate of drug-likeness (QED) is 0.403. The molecule has 0 amide bonds. The van der Waals surface area contributed by atoms with Crippen LogP contribution in [0.3, 0.4) is 0 Å². The number of esters is 1. The zero-order valence-corrected chi connectivity index (χ0v) is 17.9. The highest BCUT2D eigenvalue weighted by molar-refractivity contribution is 5.91. The second-order valence-corrected chi connectivity index (χ2v) is 8.92. The van der Waals surface area contributed by atoms with Crippen molar-refractivity contribution in [2.45, 2.75) is 57.8 Å². The number of methoxy groups -OCH3 is 1. The Morgan fingerprint density at radius 3 is 2.37 bits per heavy atom. The second-order valence-electron chi connectivity index (χ2n) is 8.92. The summed E-state index contributed by atoms with van der Waals surface area (Å²) in [6.45, 7) is 2.30. The fraction of sp³-hybridized carbons (Fsp3) is 0.500. The van der Waals surface area contributed by atoms with E-state index in [1.165, 1.54) is 38.2 Å². The average Bonchev–Trinajstić information content (AvgIpc) is 2.78. The van der Waals surface area contributed by atoms with Crippen LogP contribution in [-0.2, 0) is 0 Å². The van der Waals surface area contributed by atoms with E-state index in [-0.39, 0.29) is 17.3 Å². The Balaban J connectivity index is 1.41. The lowest BCUT2D eigenvalue weighted by Crippen LogP contribution is -2.30. The second kappa shape index (κ2) is 9.20. The van der Waals surface area contributed by atoms with Gasteiger partial charge in [-0.2, -0.15) is 0 Å². The largest absolute Gasteiger partial charge is 0.497 e. The molecule has 4 rings (SSSR count). The lowest BCUT2D eigenvalue weighted by molar-refractivity contribution is 0.0734. The van der Waals surface area contributed by atoms with Gasteiger partial charge in [-0.25, -0.2) is 9.18 Å². The summed E-state index contributed by atoms with van der Waals surface area (Å²) in [5, 5.41) is 0. The molecule has 0 bridgehead atoms. The summed E-state index contributed by atoms with van der Waals surface area (Å²) < 4.78 is 25.4. The summed E-state index contributed by atoms with van der Waals surface area (Å²) in [4.78, 5) is 12.4. The molecule has 0 N–H and O–H groups in total. The smallest absolute Gasteiger partial charge is 0.343 e. The molecule has 2 saturated carbocycles. The van der Waals surface area contributed by atoms with Gasteiger partial charge in [0.05, 0.1) is 12.7 Å². The van der Waals surface area contributed by atoms with Crippen molar-refractivity contribution in [2.24, 2.45) is 17.8 Å². The first-order valence-electron chi connectivity index (χ1n) is 11.2. The summed E-state index contributed by atoms with van der Waals surface area (Å²) in [5.74, 6) is 2.95. The lowest BCUT2D eigenvalue weighted by Gasteiger charge is -2.42. The fourth-order valence-electron chi connectivity index (χ4n) is 5.43. The molecule has 4 heteroatoms. The van der Waals surface area contributed by atoms with Gasteiger partial charge in [-0.3, -0.25) is 0 Å². The summed E-state index contributed by atoms with van der Waals surface area (Å²) in [7, 11) is 1.58. The number of ether oxygens (including phenoxy) is 2. The van der Waals surface area contributed by atoms with E-state index >= 15 is 0 Å². The van der Waals surface area contributed by atoms with Crippen LogP contribution in [0.15, 0.2) is 42.5 Å². The summed E-state index contributed by atoms with van der Waals surface area (Å²) in [5.41, 5.74) is 0.997. The van der Waals surface area contributed by atoms with Crippen molar-refractivity contribution in [3.63, 3.8) is 0 Å². The van der Waals surface area contributed by atoms with Crippen LogP contribution in [0, 0.1) is 23.6 Å². The Kier molecular flexibility index (Phi) is 6.40. The minimum Gasteiger partial charge on any atom is -0.497 e. The third-order valence-corrected chi connectivity index (χ3v) is 7.24. The maximum atomic E-state index is 14.9. The predicted octanol–water partition coefficient (Wildman–Crippen LogP) is 6.76. The zero-order chi connectivity index (χ0) is 21.1. The Morgan fingerprint density at radius 2 is 1.67 bits per heavy atom. The molecule has 2 aromatic rings. The van der Waals surface area contributed by atoms with Gasteiger partial charge in [0.1, 0.15) is 17.3 Å². The first kappa shape index (κ1) is 20.9. The van der Waals surface area contributed by atoms with E-state index < -0.39 is 5.97 Å². The van der Waals surface area contributed by atoms with Crippen molar-refractivity contribution in [1.82, 2.24) is 0 Å². The topological polar surface area (TPSA) is 35.5 Å². The Morgan fingerprint density at radius 1 is 0.967 bits per heavy atom. The minimum absolute atomic E-state index is 0.240. The molecule has 2 aliphatic carbocycles. The van der Waals surface area contributed by atoms with Gasteiger partial charge in [0.25, 0.3) is 0 Å². The summed E-state index contributed by atoms with van der Waals surface area (Å²) in [6.07, 6.45) is 8.57. The molecule has 4 atom stereocenters. The van der Waals surface area contributed by atoms with Crippen LogP contribution < -0.4 is 9.47 Å². The van der Waals surface area contributed by atoms with Gasteiger partial charge >= 0.3 is 5.97 Å². The molecule has 30 heavy (non-hydrogen) atoms. The average molecular weight is 411 g/mol. The maximum absolute atomic E-state index is 14.9. The van der Waals surface area contributed by atoms with E-state index in [2.05, 4.69) is 6.92 Å². The molecule has 2 aromatic carbocycles. The monoisotopic (exact) mass is 410 g/mol. The Labute approximate surface area is 178 Å². The van der Waals surface area contributed by atoms with Crippen molar-refractivity contribution < 1.29 is 18.7 Å². The van der Waals surface area contributed by atoms with Crippen molar-refractivity contribution in [2.75, 3.05) is 7.11 Å². The van der Waals surface area contributed by atoms with Gasteiger partial charge in [0, 0.05) is 0 Å². The van der Waals surface area contributed by atoms with E-state index in [0.717, 1.165) is 36.2 Å². The van der Waals surface area contributed by atoms with Gasteiger partial charge in [-0.15, -0.1) is 0 Å². The van der Waals surface area contributed by atoms with Crippen molar-refractivity contribution in [3.8, 4) is 11.5 Å². The number of carbonyl (C=O) groups excluding carboxylic acids is 1. The third-order valence-electron chi connectivity index (χ3n) is 7.24. The lowest BCUT2D eigenvalue weighted by atomic mass is 9.63. The number of hydrogen-bond donors (Lipinski definition) is 0. The van der Waals surface area contributed by atoms with E-state index in [1.54, 1.807) is 43.5 Å². The van der Waals surface area contributed by atoms with Crippen LogP contribution in [0.4, 0.5) is 4.39 Å². The van der Waals surface area contributed by atoms with Crippen LogP contribution in [0.25, 0.3) is 0 Å². The van der Waals surface area contributed by atoms with Crippen molar-refractivity contribution in [1.29, 1.82) is 0 Å². The highest BCUT2D eigenvalue weighted by Gasteiger charge is 2.36. The van der Waals surface area contributed by atoms with Gasteiger partial charge in [0.15, 0.2) is 0 Å². The SMILES string of the molecule is CCC1CCC2CC(c3ccc(C(=O)Oc4ccc(OC)cc4)cc3F)CCC2C1. The maximum Gasteiger partial charge on any atom is 0.343 e. The van der Waals surface area contributed by atoms with E-state index in [4.69, 9.17) is 9.47 Å². The molecule has 0 spiro atoms. The normalized spacial score (nSPS) is 26.0. The first-order chi connectivity index (χ1) is 14.6. The highest BCUT2D eigenvalue weighted by atomic mass is 19.1. The van der Waals surface area contributed by atoms with Crippen molar-refractivity contribution >= 4 is 5.97 Å². The molecular weight excluding hydrogens is 379 g/mol. The Hall–Kier alpha value is -2.36. The number of rotatable bonds is 5. The molecule has 0 radical (unpaired) electrons. The van der Waals surface area contributed by atoms with Gasteiger partial charge in [0.2, 0.25) is 0 Å². The van der Waals surface area contributed by atoms with Gasteiger partial charge < -0.3 is 9.47 Å². The molecule has 0 aromatic heterocycles. The van der Waals surface area contributed by atoms with E-state index in [0.29, 0.717) is 11.5 Å². The predicted molar refractivity (Wildman–Crippen MR) is 116 cm³/mol. The number of halogens is 1. The van der Waals surface area contributed by atoms with Crippen LogP contribution in [-0.4, -0.2) is 13.1 Å². The number of hydrogen-bond acceptors (Lipinski definition) is 3. The molecule has 0 heterocycles. The molecule has 4 unspecified atom stereocenters. The molecular formula is C26H31FO3. The molecule has 2 aliphatic rings. The van der Waals surface area contributed by atoms with Crippen LogP contribution >= 0.6 is 0 Å². The van der Waals surface area contributed by atoms with E-state index in [9.17, 15) is 9.18 Å². The number of carbonyl (C=O) groups is 1. The van der Waals surface area contributed by atoms with Crippen LogP contribution in [0.2, 0.25) is 0 Å². The van der Waals surface area contributed by atoms with Crippen LogP contribution in [0.1, 0.15) is 73.7 Å². The minimum atomic E-state index is -0.549. The summed E-state index contributed by atoms with van der Waals surface area (Å²) in [6, 6.07) is 11.6. The number of benzene rings is 2. The van der Waals surface area contributed by atoms with E-state index in [1.807, 2.05) is 0 Å². The van der Waals surface area contributed by atoms with Gasteiger partial charge in [-0.1, -0.05) is 25.8 Å². The zero-order valence-electron chi connectivity index (χ0n) is 17.9. The fourth-order valence-corrected chi connectivity index (χ4v) is 5.43. The highest BCUT2D eigenvalue weighted by Crippen LogP contribution is 2.48. The third kappa shape index (κ3) is 4.53. The number of fused-ring (bicyclic) bond motifs is 1. The first-order valence-corrected chi connectivity index (χ1v) is 11.2. The van der Waals surface area contributed by atoms with Crippen molar-refractivity contribution in [3.05, 3.63) is 59.4 Å². The molecule has 3 nitrogen and oxygen atoms in total. The van der Waals surface area contributed by atoms with Gasteiger partial charge in [-0.05, 0) is 97.7 Å². The molecule has 0 saturated heterocycles. The van der Waals surface area contributed by atoms with Crippen LogP contribution in [0.5, 0.6) is 11.5 Å². The standard InChI is InChI=1S/C26H31FO3/c1-3-17-4-5-19-15-20(7-6-18(19)14-17)24-13-8-21(16-25(24)27)26(28)30-23-11-9-22(29-2)10-12-23/h8-13,16-20H,3-7,14-15H2,1-2H3. The molecule has 0 aliphatic heterocycles. The summed E-state index contributed by atoms with van der Waals surface area (Å²) >= 11 is 0. The Bertz CT molecular complexity index is 876. The molecule has 2 fully saturated rings.